The number of ether oxygens (including phenoxy) is 1. The Hall–Kier alpha value is -1.56. The second-order valence-corrected chi connectivity index (χ2v) is 4.86. The Kier molecular flexibility index (Phi) is 6.35. The van der Waals surface area contributed by atoms with E-state index in [1.54, 1.807) is 0 Å². The quantitative estimate of drug-likeness (QED) is 0.752. The number of carbonyl (C=O) groups is 2. The second kappa shape index (κ2) is 7.78. The molecule has 0 heterocycles. The Morgan fingerprint density at radius 2 is 2.11 bits per heavy atom. The van der Waals surface area contributed by atoms with Crippen LogP contribution in [0.4, 0.5) is 0 Å². The maximum Gasteiger partial charge on any atom is 0.325 e. The molecular formula is C13H16BrNO4. The van der Waals surface area contributed by atoms with Gasteiger partial charge in [0.2, 0.25) is 5.91 Å². The van der Waals surface area contributed by atoms with Crippen molar-refractivity contribution in [3.05, 3.63) is 28.7 Å². The topological polar surface area (TPSA) is 75.6 Å². The molecule has 0 saturated heterocycles. The van der Waals surface area contributed by atoms with Gasteiger partial charge in [-0.3, -0.25) is 9.59 Å². The summed E-state index contributed by atoms with van der Waals surface area (Å²) in [5, 5.41) is 11.0. The van der Waals surface area contributed by atoms with Crippen LogP contribution in [0.5, 0.6) is 5.75 Å². The normalized spacial score (nSPS) is 11.7. The number of carboxylic acids is 1. The van der Waals surface area contributed by atoms with Gasteiger partial charge in [0.15, 0.2) is 0 Å². The number of hydrogen-bond donors (Lipinski definition) is 2. The zero-order valence-corrected chi connectivity index (χ0v) is 12.1. The molecule has 19 heavy (non-hydrogen) atoms. The summed E-state index contributed by atoms with van der Waals surface area (Å²) in [6.45, 7) is 1.83. The largest absolute Gasteiger partial charge is 0.492 e. The number of nitrogens with one attached hydrogen (secondary N) is 1. The molecule has 104 valence electrons. The average molecular weight is 330 g/mol. The molecule has 0 aliphatic rings. The Bertz CT molecular complexity index is 450. The van der Waals surface area contributed by atoms with Crippen molar-refractivity contribution in [3.63, 3.8) is 0 Å². The minimum absolute atomic E-state index is 0.238. The van der Waals surface area contributed by atoms with Crippen molar-refractivity contribution in [1.82, 2.24) is 5.32 Å². The van der Waals surface area contributed by atoms with Crippen LogP contribution in [0.2, 0.25) is 0 Å². The van der Waals surface area contributed by atoms with Gasteiger partial charge in [-0.05, 0) is 41.4 Å². The first kappa shape index (κ1) is 15.5. The number of benzene rings is 1. The van der Waals surface area contributed by atoms with Crippen molar-refractivity contribution in [3.8, 4) is 5.75 Å². The van der Waals surface area contributed by atoms with Crippen LogP contribution in [0.1, 0.15) is 19.8 Å². The molecule has 0 unspecified atom stereocenters. The van der Waals surface area contributed by atoms with Crippen molar-refractivity contribution >= 4 is 27.8 Å². The van der Waals surface area contributed by atoms with Gasteiger partial charge in [0.25, 0.3) is 0 Å². The summed E-state index contributed by atoms with van der Waals surface area (Å²) < 4.78 is 6.36. The van der Waals surface area contributed by atoms with Gasteiger partial charge < -0.3 is 15.2 Å². The summed E-state index contributed by atoms with van der Waals surface area (Å²) in [5.41, 5.74) is 0. The number of carbonyl (C=O) groups excluding carboxylic acids is 1. The van der Waals surface area contributed by atoms with Gasteiger partial charge in [-0.15, -0.1) is 0 Å². The molecule has 1 amide bonds. The summed E-state index contributed by atoms with van der Waals surface area (Å²) >= 11 is 3.36. The first-order valence-electron chi connectivity index (χ1n) is 5.90. The van der Waals surface area contributed by atoms with Gasteiger partial charge in [-0.2, -0.15) is 0 Å². The maximum atomic E-state index is 11.4. The molecule has 2 N–H and O–H groups in total. The van der Waals surface area contributed by atoms with Crippen LogP contribution >= 0.6 is 15.9 Å². The molecule has 0 fully saturated rings. The van der Waals surface area contributed by atoms with E-state index in [2.05, 4.69) is 21.2 Å². The van der Waals surface area contributed by atoms with Crippen LogP contribution in [-0.2, 0) is 9.59 Å². The molecule has 1 aromatic carbocycles. The molecule has 6 heteroatoms. The van der Waals surface area contributed by atoms with Crippen LogP contribution in [0, 0.1) is 0 Å². The predicted octanol–water partition coefficient (Wildman–Crippen LogP) is 2.20. The van der Waals surface area contributed by atoms with E-state index >= 15 is 0 Å². The highest BCUT2D eigenvalue weighted by atomic mass is 79.9. The summed E-state index contributed by atoms with van der Waals surface area (Å²) in [7, 11) is 0. The Morgan fingerprint density at radius 1 is 1.42 bits per heavy atom. The average Bonchev–Trinajstić information content (AvgIpc) is 2.36. The number of rotatable bonds is 7. The Labute approximate surface area is 120 Å². The van der Waals surface area contributed by atoms with Crippen LogP contribution in [0.25, 0.3) is 0 Å². The lowest BCUT2D eigenvalue weighted by Gasteiger charge is -2.10. The molecule has 5 nitrogen and oxygen atoms in total. The number of carboxylic acid groups (broad SMARTS) is 1. The Balaban J connectivity index is 2.23. The third-order valence-corrected chi connectivity index (χ3v) is 3.05. The predicted molar refractivity (Wildman–Crippen MR) is 74.1 cm³/mol. The first-order chi connectivity index (χ1) is 9.00. The molecule has 0 aromatic heterocycles. The lowest BCUT2D eigenvalue weighted by atomic mass is 10.2. The summed E-state index contributed by atoms with van der Waals surface area (Å²) in [5.74, 6) is -0.606. The minimum Gasteiger partial charge on any atom is -0.492 e. The van der Waals surface area contributed by atoms with E-state index in [0.717, 1.165) is 10.2 Å². The summed E-state index contributed by atoms with van der Waals surface area (Å²) in [6.07, 6.45) is 0.765. The zero-order valence-electron chi connectivity index (χ0n) is 10.6. The van der Waals surface area contributed by atoms with Crippen molar-refractivity contribution in [1.29, 1.82) is 0 Å². The van der Waals surface area contributed by atoms with E-state index in [1.807, 2.05) is 24.3 Å². The standard InChI is InChI=1S/C13H16BrNO4/c1-9(13(17)18)15-12(16)7-4-8-19-11-6-3-2-5-10(11)14/h2-3,5-6,9H,4,7-8H2,1H3,(H,15,16)(H,17,18)/t9-/m0/s1. The van der Waals surface area contributed by atoms with Gasteiger partial charge in [0.1, 0.15) is 11.8 Å². The monoisotopic (exact) mass is 329 g/mol. The molecule has 1 atom stereocenters. The fraction of sp³-hybridized carbons (Fsp3) is 0.385. The molecule has 0 spiro atoms. The fourth-order valence-electron chi connectivity index (χ4n) is 1.35. The third kappa shape index (κ3) is 5.74. The second-order valence-electron chi connectivity index (χ2n) is 4.01. The molecule has 1 rings (SSSR count). The minimum atomic E-state index is -1.04. The number of para-hydroxylation sites is 1. The summed E-state index contributed by atoms with van der Waals surface area (Å²) in [4.78, 5) is 21.9. The highest BCUT2D eigenvalue weighted by molar-refractivity contribution is 9.10. The van der Waals surface area contributed by atoms with Gasteiger partial charge in [0.05, 0.1) is 11.1 Å². The number of amides is 1. The molecule has 0 aliphatic heterocycles. The maximum absolute atomic E-state index is 11.4. The van der Waals surface area contributed by atoms with E-state index in [9.17, 15) is 9.59 Å². The van der Waals surface area contributed by atoms with Gasteiger partial charge in [-0.1, -0.05) is 12.1 Å². The number of halogens is 1. The number of aliphatic carboxylic acids is 1. The van der Waals surface area contributed by atoms with Crippen molar-refractivity contribution in [2.24, 2.45) is 0 Å². The highest BCUT2D eigenvalue weighted by Gasteiger charge is 2.13. The molecule has 0 radical (unpaired) electrons. The molecule has 1 aromatic rings. The lowest BCUT2D eigenvalue weighted by molar-refractivity contribution is -0.141. The van der Waals surface area contributed by atoms with Crippen LogP contribution in [0.3, 0.4) is 0 Å². The third-order valence-electron chi connectivity index (χ3n) is 2.39. The van der Waals surface area contributed by atoms with Crippen LogP contribution in [0.15, 0.2) is 28.7 Å². The van der Waals surface area contributed by atoms with Gasteiger partial charge in [0, 0.05) is 6.42 Å². The smallest absolute Gasteiger partial charge is 0.325 e. The SMILES string of the molecule is C[C@H](NC(=O)CCCOc1ccccc1Br)C(=O)O. The summed E-state index contributed by atoms with van der Waals surface area (Å²) in [6, 6.07) is 6.59. The number of hydrogen-bond acceptors (Lipinski definition) is 3. The van der Waals surface area contributed by atoms with E-state index < -0.39 is 12.0 Å². The first-order valence-corrected chi connectivity index (χ1v) is 6.69. The van der Waals surface area contributed by atoms with Gasteiger partial charge in [-0.25, -0.2) is 0 Å². The van der Waals surface area contributed by atoms with E-state index in [1.165, 1.54) is 6.92 Å². The molecule has 0 saturated carbocycles. The van der Waals surface area contributed by atoms with E-state index in [4.69, 9.17) is 9.84 Å². The van der Waals surface area contributed by atoms with Crippen molar-refractivity contribution in [2.45, 2.75) is 25.8 Å². The van der Waals surface area contributed by atoms with E-state index in [0.29, 0.717) is 13.0 Å². The molecular weight excluding hydrogens is 314 g/mol. The van der Waals surface area contributed by atoms with Crippen molar-refractivity contribution < 1.29 is 19.4 Å². The molecule has 0 aliphatic carbocycles. The van der Waals surface area contributed by atoms with Crippen LogP contribution in [-0.4, -0.2) is 29.6 Å². The van der Waals surface area contributed by atoms with Crippen molar-refractivity contribution in [2.75, 3.05) is 6.61 Å². The highest BCUT2D eigenvalue weighted by Crippen LogP contribution is 2.23. The van der Waals surface area contributed by atoms with Crippen LogP contribution < -0.4 is 10.1 Å². The van der Waals surface area contributed by atoms with Gasteiger partial charge >= 0.3 is 5.97 Å². The Morgan fingerprint density at radius 3 is 2.74 bits per heavy atom. The zero-order chi connectivity index (χ0) is 14.3. The molecule has 0 bridgehead atoms. The fourth-order valence-corrected chi connectivity index (χ4v) is 1.75. The lowest BCUT2D eigenvalue weighted by Crippen LogP contribution is -2.38. The van der Waals surface area contributed by atoms with E-state index in [-0.39, 0.29) is 12.3 Å².